The van der Waals surface area contributed by atoms with Gasteiger partial charge < -0.3 is 14.0 Å². The van der Waals surface area contributed by atoms with Crippen molar-refractivity contribution < 1.29 is 4.42 Å². The van der Waals surface area contributed by atoms with E-state index in [0.29, 0.717) is 5.89 Å². The van der Waals surface area contributed by atoms with Gasteiger partial charge >= 0.3 is 0 Å². The van der Waals surface area contributed by atoms with E-state index in [1.165, 1.54) is 32.6 Å². The van der Waals surface area contributed by atoms with Crippen LogP contribution < -0.4 is 0 Å². The van der Waals surface area contributed by atoms with Crippen molar-refractivity contribution in [2.75, 3.05) is 0 Å². The number of fused-ring (bicyclic) bond motifs is 8. The predicted molar refractivity (Wildman–Crippen MR) is 143 cm³/mol. The van der Waals surface area contributed by atoms with Gasteiger partial charge in [-0.05, 0) is 42.5 Å². The summed E-state index contributed by atoms with van der Waals surface area (Å²) in [6.07, 6.45) is 0. The zero-order valence-electron chi connectivity index (χ0n) is 18.7. The van der Waals surface area contributed by atoms with Gasteiger partial charge in [0.05, 0.1) is 16.6 Å². The number of aromatic nitrogens is 3. The second kappa shape index (κ2) is 6.84. The van der Waals surface area contributed by atoms with Crippen LogP contribution in [-0.4, -0.2) is 14.5 Å². The predicted octanol–water partition coefficient (Wildman–Crippen LogP) is 8.23. The Morgan fingerprint density at radius 1 is 0.657 bits per heavy atom. The van der Waals surface area contributed by atoms with E-state index in [0.717, 1.165) is 33.4 Å². The minimum absolute atomic E-state index is 0.629. The summed E-state index contributed by atoms with van der Waals surface area (Å²) < 4.78 is 8.44. The summed E-state index contributed by atoms with van der Waals surface area (Å²) in [5.41, 5.74) is 8.32. The molecular formula is C31H19N3O. The van der Waals surface area contributed by atoms with Crippen molar-refractivity contribution in [2.24, 2.45) is 0 Å². The van der Waals surface area contributed by atoms with E-state index in [1.807, 2.05) is 24.3 Å². The lowest BCUT2D eigenvalue weighted by Crippen LogP contribution is -1.95. The molecule has 0 fully saturated rings. The van der Waals surface area contributed by atoms with Gasteiger partial charge in [-0.1, -0.05) is 66.7 Å². The summed E-state index contributed by atoms with van der Waals surface area (Å²) in [6.45, 7) is 0. The van der Waals surface area contributed by atoms with Crippen molar-refractivity contribution in [3.63, 3.8) is 0 Å². The SMILES string of the molecule is c1cc(-c2nc3ccccc3o2)cc(-n2c3ccccc3c3ccc4c5ccccc5[nH]c4c32)c1. The Bertz CT molecular complexity index is 2040. The average molecular weight is 450 g/mol. The van der Waals surface area contributed by atoms with E-state index < -0.39 is 0 Å². The number of oxazole rings is 1. The van der Waals surface area contributed by atoms with E-state index >= 15 is 0 Å². The highest BCUT2D eigenvalue weighted by atomic mass is 16.3. The Morgan fingerprint density at radius 2 is 1.46 bits per heavy atom. The average Bonchev–Trinajstić information content (AvgIpc) is 3.60. The minimum atomic E-state index is 0.629. The molecule has 3 aromatic heterocycles. The molecule has 164 valence electrons. The number of nitrogens with zero attached hydrogens (tertiary/aromatic N) is 2. The van der Waals surface area contributed by atoms with Gasteiger partial charge in [0.15, 0.2) is 5.58 Å². The Kier molecular flexibility index (Phi) is 3.63. The lowest BCUT2D eigenvalue weighted by molar-refractivity contribution is 0.620. The normalized spacial score (nSPS) is 12.0. The van der Waals surface area contributed by atoms with E-state index in [-0.39, 0.29) is 0 Å². The molecule has 1 N–H and O–H groups in total. The summed E-state index contributed by atoms with van der Waals surface area (Å²) in [7, 11) is 0. The molecule has 0 radical (unpaired) electrons. The molecule has 8 aromatic rings. The molecule has 0 aliphatic heterocycles. The number of nitrogens with one attached hydrogen (secondary N) is 1. The molecule has 0 amide bonds. The van der Waals surface area contributed by atoms with Crippen LogP contribution in [-0.2, 0) is 0 Å². The second-order valence-electron chi connectivity index (χ2n) is 8.94. The van der Waals surface area contributed by atoms with Gasteiger partial charge in [0.25, 0.3) is 0 Å². The van der Waals surface area contributed by atoms with Crippen LogP contribution in [0.15, 0.2) is 114 Å². The van der Waals surface area contributed by atoms with E-state index in [2.05, 4.69) is 94.5 Å². The number of hydrogen-bond donors (Lipinski definition) is 1. The first-order chi connectivity index (χ1) is 17.3. The van der Waals surface area contributed by atoms with Crippen LogP contribution in [0.4, 0.5) is 0 Å². The third kappa shape index (κ3) is 2.59. The fraction of sp³-hybridized carbons (Fsp3) is 0. The summed E-state index contributed by atoms with van der Waals surface area (Å²) in [5.74, 6) is 0.629. The Hall–Kier alpha value is -4.83. The molecular weight excluding hydrogens is 430 g/mol. The molecule has 0 bridgehead atoms. The molecule has 3 heterocycles. The Balaban J connectivity index is 1.46. The molecule has 35 heavy (non-hydrogen) atoms. The first-order valence-electron chi connectivity index (χ1n) is 11.7. The highest BCUT2D eigenvalue weighted by Crippen LogP contribution is 2.39. The van der Waals surface area contributed by atoms with Gasteiger partial charge in [0, 0.05) is 38.3 Å². The van der Waals surface area contributed by atoms with Crippen LogP contribution in [0.5, 0.6) is 0 Å². The molecule has 0 spiro atoms. The van der Waals surface area contributed by atoms with E-state index in [9.17, 15) is 0 Å². The molecule has 0 aliphatic rings. The maximum Gasteiger partial charge on any atom is 0.227 e. The van der Waals surface area contributed by atoms with Crippen LogP contribution >= 0.6 is 0 Å². The zero-order valence-corrected chi connectivity index (χ0v) is 18.7. The molecule has 8 rings (SSSR count). The van der Waals surface area contributed by atoms with Gasteiger partial charge in [-0.2, -0.15) is 0 Å². The highest BCUT2D eigenvalue weighted by Gasteiger charge is 2.18. The summed E-state index contributed by atoms with van der Waals surface area (Å²) in [4.78, 5) is 8.43. The number of aromatic amines is 1. The van der Waals surface area contributed by atoms with Crippen LogP contribution in [0.3, 0.4) is 0 Å². The molecule has 4 heteroatoms. The number of H-pyrrole nitrogens is 1. The number of benzene rings is 5. The largest absolute Gasteiger partial charge is 0.436 e. The van der Waals surface area contributed by atoms with Gasteiger partial charge in [0.1, 0.15) is 5.52 Å². The van der Waals surface area contributed by atoms with Crippen LogP contribution in [0.2, 0.25) is 0 Å². The molecule has 0 saturated heterocycles. The summed E-state index contributed by atoms with van der Waals surface area (Å²) in [6, 6.07) is 37.9. The number of hydrogen-bond acceptors (Lipinski definition) is 2. The van der Waals surface area contributed by atoms with Crippen LogP contribution in [0.1, 0.15) is 0 Å². The number of para-hydroxylation sites is 4. The van der Waals surface area contributed by atoms with Crippen molar-refractivity contribution in [3.05, 3.63) is 109 Å². The van der Waals surface area contributed by atoms with Crippen molar-refractivity contribution >= 4 is 54.7 Å². The number of rotatable bonds is 2. The summed E-state index contributed by atoms with van der Waals surface area (Å²) >= 11 is 0. The molecule has 0 atom stereocenters. The third-order valence-electron chi connectivity index (χ3n) is 6.96. The Morgan fingerprint density at radius 3 is 2.40 bits per heavy atom. The van der Waals surface area contributed by atoms with E-state index in [4.69, 9.17) is 9.40 Å². The van der Waals surface area contributed by atoms with Gasteiger partial charge in [-0.3, -0.25) is 0 Å². The maximum absolute atomic E-state index is 6.08. The fourth-order valence-electron chi connectivity index (χ4n) is 5.41. The molecule has 0 unspecified atom stereocenters. The van der Waals surface area contributed by atoms with E-state index in [1.54, 1.807) is 0 Å². The topological polar surface area (TPSA) is 46.8 Å². The molecule has 0 saturated carbocycles. The van der Waals surface area contributed by atoms with Crippen molar-refractivity contribution in [2.45, 2.75) is 0 Å². The molecule has 0 aliphatic carbocycles. The van der Waals surface area contributed by atoms with Crippen molar-refractivity contribution in [3.8, 4) is 17.1 Å². The first kappa shape index (κ1) is 18.6. The quantitative estimate of drug-likeness (QED) is 0.289. The lowest BCUT2D eigenvalue weighted by Gasteiger charge is -2.09. The fourth-order valence-corrected chi connectivity index (χ4v) is 5.41. The third-order valence-corrected chi connectivity index (χ3v) is 6.96. The van der Waals surface area contributed by atoms with Crippen LogP contribution in [0.25, 0.3) is 71.9 Å². The molecule has 5 aromatic carbocycles. The van der Waals surface area contributed by atoms with Gasteiger partial charge in [0.2, 0.25) is 5.89 Å². The van der Waals surface area contributed by atoms with Crippen molar-refractivity contribution in [1.82, 2.24) is 14.5 Å². The summed E-state index contributed by atoms with van der Waals surface area (Å²) in [5, 5.41) is 4.93. The minimum Gasteiger partial charge on any atom is -0.436 e. The standard InChI is InChI=1S/C31H19N3O/c1-3-12-25-21(10-1)23-16-17-24-22-11-2-5-14-27(22)34(30(24)29(23)32-25)20-9-7-8-19(18-20)31-33-26-13-4-6-15-28(26)35-31/h1-18,32H. The highest BCUT2D eigenvalue weighted by molar-refractivity contribution is 6.22. The first-order valence-corrected chi connectivity index (χ1v) is 11.7. The second-order valence-corrected chi connectivity index (χ2v) is 8.94. The Labute approximate surface area is 200 Å². The smallest absolute Gasteiger partial charge is 0.227 e. The van der Waals surface area contributed by atoms with Crippen LogP contribution in [0, 0.1) is 0 Å². The maximum atomic E-state index is 6.08. The monoisotopic (exact) mass is 449 g/mol. The van der Waals surface area contributed by atoms with Crippen molar-refractivity contribution in [1.29, 1.82) is 0 Å². The van der Waals surface area contributed by atoms with Gasteiger partial charge in [-0.25, -0.2) is 4.98 Å². The lowest BCUT2D eigenvalue weighted by atomic mass is 10.1. The van der Waals surface area contributed by atoms with Gasteiger partial charge in [-0.15, -0.1) is 0 Å². The molecule has 4 nitrogen and oxygen atoms in total. The zero-order chi connectivity index (χ0) is 22.9.